The Balaban J connectivity index is 1.79. The molecule has 0 bridgehead atoms. The Bertz CT molecular complexity index is 923. The largest absolute Gasteiger partial charge is 0.490 e. The molecule has 0 aliphatic carbocycles. The molecule has 1 unspecified atom stereocenters. The van der Waals surface area contributed by atoms with Gasteiger partial charge < -0.3 is 19.5 Å². The van der Waals surface area contributed by atoms with Gasteiger partial charge in [-0.25, -0.2) is 0 Å². The van der Waals surface area contributed by atoms with Crippen LogP contribution in [0, 0.1) is 0 Å². The average molecular weight is 340 g/mol. The van der Waals surface area contributed by atoms with Crippen LogP contribution < -0.4 is 10.1 Å². The number of ether oxygens (including phenoxy) is 1. The van der Waals surface area contributed by atoms with E-state index in [9.17, 15) is 9.59 Å². The van der Waals surface area contributed by atoms with E-state index in [-0.39, 0.29) is 17.7 Å². The summed E-state index contributed by atoms with van der Waals surface area (Å²) in [5.74, 6) is 0.920. The molecular formula is C19H20N2O4. The molecule has 0 radical (unpaired) electrons. The number of amides is 1. The van der Waals surface area contributed by atoms with E-state index in [1.807, 2.05) is 38.1 Å². The van der Waals surface area contributed by atoms with E-state index >= 15 is 0 Å². The number of furan rings is 1. The lowest BCUT2D eigenvalue weighted by Gasteiger charge is -2.10. The molecule has 0 spiro atoms. The number of rotatable bonds is 6. The van der Waals surface area contributed by atoms with Gasteiger partial charge in [0.05, 0.1) is 12.6 Å². The van der Waals surface area contributed by atoms with E-state index < -0.39 is 0 Å². The number of carbonyl (C=O) groups is 2. The Kier molecular flexibility index (Phi) is 4.61. The van der Waals surface area contributed by atoms with Crippen molar-refractivity contribution in [3.63, 3.8) is 0 Å². The van der Waals surface area contributed by atoms with Crippen LogP contribution in [0.3, 0.4) is 0 Å². The third-order valence-electron chi connectivity index (χ3n) is 3.94. The summed E-state index contributed by atoms with van der Waals surface area (Å²) in [4.78, 5) is 26.5. The number of nitrogens with one attached hydrogen (secondary N) is 2. The van der Waals surface area contributed by atoms with Gasteiger partial charge in [-0.1, -0.05) is 12.1 Å². The highest BCUT2D eigenvalue weighted by Crippen LogP contribution is 2.31. The van der Waals surface area contributed by atoms with E-state index in [0.717, 1.165) is 5.39 Å². The van der Waals surface area contributed by atoms with Gasteiger partial charge in [0, 0.05) is 17.1 Å². The number of carbonyl (C=O) groups excluding carboxylic acids is 2. The van der Waals surface area contributed by atoms with Gasteiger partial charge in [0.25, 0.3) is 5.91 Å². The first kappa shape index (κ1) is 16.8. The molecule has 6 heteroatoms. The monoisotopic (exact) mass is 340 g/mol. The summed E-state index contributed by atoms with van der Waals surface area (Å²) < 4.78 is 11.5. The fourth-order valence-corrected chi connectivity index (χ4v) is 2.61. The van der Waals surface area contributed by atoms with E-state index in [4.69, 9.17) is 9.15 Å². The summed E-state index contributed by atoms with van der Waals surface area (Å²) in [5.41, 5.74) is 1.48. The molecule has 2 N–H and O–H groups in total. The molecule has 0 saturated carbocycles. The van der Waals surface area contributed by atoms with E-state index in [0.29, 0.717) is 35.0 Å². The molecule has 0 saturated heterocycles. The van der Waals surface area contributed by atoms with Crippen LogP contribution in [0.15, 0.2) is 40.9 Å². The van der Waals surface area contributed by atoms with Crippen LogP contribution >= 0.6 is 0 Å². The maximum absolute atomic E-state index is 12.3. The van der Waals surface area contributed by atoms with E-state index in [2.05, 4.69) is 10.3 Å². The van der Waals surface area contributed by atoms with Crippen LogP contribution in [0.2, 0.25) is 0 Å². The summed E-state index contributed by atoms with van der Waals surface area (Å²) >= 11 is 0. The van der Waals surface area contributed by atoms with E-state index in [1.54, 1.807) is 0 Å². The van der Waals surface area contributed by atoms with Gasteiger partial charge in [-0.2, -0.15) is 0 Å². The van der Waals surface area contributed by atoms with Crippen LogP contribution in [0.5, 0.6) is 5.75 Å². The highest BCUT2D eigenvalue weighted by atomic mass is 16.5. The molecule has 1 amide bonds. The quantitative estimate of drug-likeness (QED) is 0.668. The number of benzene rings is 1. The summed E-state index contributed by atoms with van der Waals surface area (Å²) in [5, 5.41) is 3.78. The van der Waals surface area contributed by atoms with Gasteiger partial charge in [0.2, 0.25) is 0 Å². The first-order valence-corrected chi connectivity index (χ1v) is 8.15. The maximum Gasteiger partial charge on any atom is 0.268 e. The second kappa shape index (κ2) is 6.84. The molecule has 1 atom stereocenters. The predicted octanol–water partition coefficient (Wildman–Crippen LogP) is 3.85. The summed E-state index contributed by atoms with van der Waals surface area (Å²) in [7, 11) is 0. The minimum absolute atomic E-state index is 0.0934. The third-order valence-corrected chi connectivity index (χ3v) is 3.94. The van der Waals surface area contributed by atoms with Crippen molar-refractivity contribution >= 4 is 22.7 Å². The van der Waals surface area contributed by atoms with Crippen molar-refractivity contribution in [2.75, 3.05) is 6.61 Å². The Morgan fingerprint density at radius 2 is 2.12 bits per heavy atom. The standard InChI is InChI=1S/C19H20N2O4/c1-4-24-16-7-5-6-13-9-17(25-18(13)16)11(2)21-19(23)15-8-14(10-20-15)12(3)22/h5-11,20H,4H2,1-3H3,(H,21,23). The molecule has 2 heterocycles. The second-order valence-electron chi connectivity index (χ2n) is 5.81. The summed E-state index contributed by atoms with van der Waals surface area (Å²) in [6, 6.07) is 8.78. The van der Waals surface area contributed by atoms with Crippen molar-refractivity contribution in [1.29, 1.82) is 0 Å². The SMILES string of the molecule is CCOc1cccc2cc(C(C)NC(=O)c3cc(C(C)=O)c[nH]3)oc12. The van der Waals surface area contributed by atoms with Crippen LogP contribution in [-0.4, -0.2) is 23.3 Å². The number of hydrogen-bond acceptors (Lipinski definition) is 4. The molecule has 1 aromatic carbocycles. The van der Waals surface area contributed by atoms with Crippen molar-refractivity contribution in [3.05, 3.63) is 53.5 Å². The second-order valence-corrected chi connectivity index (χ2v) is 5.81. The highest BCUT2D eigenvalue weighted by Gasteiger charge is 2.18. The van der Waals surface area contributed by atoms with Gasteiger partial charge in [0.15, 0.2) is 17.1 Å². The lowest BCUT2D eigenvalue weighted by Crippen LogP contribution is -2.26. The first-order chi connectivity index (χ1) is 12.0. The Morgan fingerprint density at radius 3 is 2.80 bits per heavy atom. The predicted molar refractivity (Wildman–Crippen MR) is 94.1 cm³/mol. The summed E-state index contributed by atoms with van der Waals surface area (Å²) in [6.07, 6.45) is 1.53. The lowest BCUT2D eigenvalue weighted by molar-refractivity contribution is 0.0931. The van der Waals surface area contributed by atoms with Gasteiger partial charge in [0.1, 0.15) is 11.5 Å². The van der Waals surface area contributed by atoms with Crippen molar-refractivity contribution < 1.29 is 18.7 Å². The highest BCUT2D eigenvalue weighted by molar-refractivity contribution is 5.99. The third kappa shape index (κ3) is 3.42. The molecule has 2 aromatic heterocycles. The number of Topliss-reactive ketones (excluding diaryl/α,β-unsaturated/α-hetero) is 1. The molecule has 3 rings (SSSR count). The van der Waals surface area contributed by atoms with Crippen molar-refractivity contribution in [2.24, 2.45) is 0 Å². The number of fused-ring (bicyclic) bond motifs is 1. The van der Waals surface area contributed by atoms with Crippen LogP contribution in [-0.2, 0) is 0 Å². The van der Waals surface area contributed by atoms with Crippen LogP contribution in [0.25, 0.3) is 11.0 Å². The topological polar surface area (TPSA) is 84.3 Å². The number of hydrogen-bond donors (Lipinski definition) is 2. The molecule has 0 fully saturated rings. The Labute approximate surface area is 145 Å². The zero-order valence-corrected chi connectivity index (χ0v) is 14.4. The number of aromatic amines is 1. The minimum Gasteiger partial charge on any atom is -0.490 e. The van der Waals surface area contributed by atoms with Gasteiger partial charge in [-0.05, 0) is 39.0 Å². The zero-order chi connectivity index (χ0) is 18.0. The Morgan fingerprint density at radius 1 is 1.32 bits per heavy atom. The lowest BCUT2D eigenvalue weighted by atomic mass is 10.2. The number of para-hydroxylation sites is 1. The molecule has 25 heavy (non-hydrogen) atoms. The molecule has 0 aliphatic heterocycles. The van der Waals surface area contributed by atoms with Crippen molar-refractivity contribution in [1.82, 2.24) is 10.3 Å². The molecule has 6 nitrogen and oxygen atoms in total. The molecule has 3 aromatic rings. The van der Waals surface area contributed by atoms with Gasteiger partial charge in [-0.3, -0.25) is 9.59 Å². The zero-order valence-electron chi connectivity index (χ0n) is 14.4. The molecule has 130 valence electrons. The van der Waals surface area contributed by atoms with Crippen molar-refractivity contribution in [3.8, 4) is 5.75 Å². The fourth-order valence-electron chi connectivity index (χ4n) is 2.61. The number of aromatic nitrogens is 1. The van der Waals surface area contributed by atoms with Gasteiger partial charge >= 0.3 is 0 Å². The Hall–Kier alpha value is -3.02. The van der Waals surface area contributed by atoms with E-state index in [1.165, 1.54) is 19.2 Å². The molecular weight excluding hydrogens is 320 g/mol. The summed E-state index contributed by atoms with van der Waals surface area (Å²) in [6.45, 7) is 5.76. The smallest absolute Gasteiger partial charge is 0.268 e. The van der Waals surface area contributed by atoms with Crippen molar-refractivity contribution in [2.45, 2.75) is 26.8 Å². The first-order valence-electron chi connectivity index (χ1n) is 8.15. The number of ketones is 1. The minimum atomic E-state index is -0.335. The van der Waals surface area contributed by atoms with Crippen LogP contribution in [0.1, 0.15) is 53.4 Å². The normalized spacial score (nSPS) is 12.1. The number of H-pyrrole nitrogens is 1. The maximum atomic E-state index is 12.3. The average Bonchev–Trinajstić information content (AvgIpc) is 3.23. The fraction of sp³-hybridized carbons (Fsp3) is 0.263. The molecule has 0 aliphatic rings. The van der Waals surface area contributed by atoms with Crippen LogP contribution in [0.4, 0.5) is 0 Å². The van der Waals surface area contributed by atoms with Gasteiger partial charge in [-0.15, -0.1) is 0 Å².